The summed E-state index contributed by atoms with van der Waals surface area (Å²) in [4.78, 5) is 47.1. The molecule has 9 rings (SSSR count). The molecular weight excluding hydrogens is 1800 g/mol. The minimum absolute atomic E-state index is 0.0640. The summed E-state index contributed by atoms with van der Waals surface area (Å²) in [5.41, 5.74) is -1.36. The normalized spacial score (nSPS) is 34.5. The van der Waals surface area contributed by atoms with Crippen LogP contribution < -0.4 is 0 Å². The van der Waals surface area contributed by atoms with Crippen molar-refractivity contribution in [1.82, 2.24) is 0 Å². The van der Waals surface area contributed by atoms with Crippen LogP contribution in [0.3, 0.4) is 0 Å². The van der Waals surface area contributed by atoms with Gasteiger partial charge in [-0.25, -0.2) is 4.79 Å². The van der Waals surface area contributed by atoms with Gasteiger partial charge >= 0.3 is 11.9 Å². The Balaban J connectivity index is 1.34. The molecule has 753 valence electrons. The largest absolute Gasteiger partial charge is 0.481 e. The number of carboxylic acid groups (broad SMARTS) is 1. The molecule has 3 radical (unpaired) electrons. The van der Waals surface area contributed by atoms with Gasteiger partial charge in [0.05, 0.1) is 42.4 Å². The summed E-state index contributed by atoms with van der Waals surface area (Å²) in [5, 5.41) is 12.1. The lowest BCUT2D eigenvalue weighted by atomic mass is 9.33. The molecule has 131 heavy (non-hydrogen) atoms. The zero-order valence-electron chi connectivity index (χ0n) is 88.2. The number of fused-ring (bicyclic) bond motifs is 7. The van der Waals surface area contributed by atoms with Crippen molar-refractivity contribution in [1.29, 1.82) is 0 Å². The van der Waals surface area contributed by atoms with Gasteiger partial charge in [-0.05, 0) is 248 Å². The molecule has 8 aliphatic rings. The van der Waals surface area contributed by atoms with E-state index in [1.807, 2.05) is 30.3 Å². The Morgan fingerprint density at radius 2 is 0.901 bits per heavy atom. The van der Waals surface area contributed by atoms with Gasteiger partial charge in [0.25, 0.3) is 0 Å². The quantitative estimate of drug-likeness (QED) is 0.0211. The van der Waals surface area contributed by atoms with Gasteiger partial charge < -0.3 is 82.9 Å². The third-order valence-corrected chi connectivity index (χ3v) is 76.1. The van der Waals surface area contributed by atoms with Crippen LogP contribution in [-0.4, -0.2) is 212 Å². The van der Waals surface area contributed by atoms with Crippen LogP contribution in [0.1, 0.15) is 271 Å². The van der Waals surface area contributed by atoms with Crippen molar-refractivity contribution in [3.05, 3.63) is 47.5 Å². The summed E-state index contributed by atoms with van der Waals surface area (Å²) in [7, 11) is -17.0. The molecule has 5 aliphatic carbocycles. The topological polar surface area (TPSA) is 219 Å². The third-order valence-electron chi connectivity index (χ3n) is 38.6. The van der Waals surface area contributed by atoms with Crippen LogP contribution in [0, 0.1) is 50.2 Å². The second kappa shape index (κ2) is 47.4. The molecule has 3 aliphatic heterocycles. The summed E-state index contributed by atoms with van der Waals surface area (Å²) < 4.78 is 126. The Kier molecular flexibility index (Phi) is 41.1. The monoisotopic (exact) mass is 1990 g/mol. The number of hydrogen-bond acceptors (Lipinski definition) is 19. The zero-order chi connectivity index (χ0) is 97.0. The Morgan fingerprint density at radius 3 is 1.38 bits per heavy atom. The van der Waals surface area contributed by atoms with Gasteiger partial charge in [-0.15, -0.1) is 0 Å². The number of aldehydes is 1. The van der Waals surface area contributed by atoms with Gasteiger partial charge in [0.1, 0.15) is 67.8 Å². The highest BCUT2D eigenvalue weighted by molar-refractivity contribution is 6.76. The third kappa shape index (κ3) is 22.5. The van der Waals surface area contributed by atoms with Crippen LogP contribution >= 0.6 is 0 Å². The maximum Gasteiger partial charge on any atom is 0.338 e. The first-order chi connectivity index (χ1) is 62.2. The van der Waals surface area contributed by atoms with E-state index in [4.69, 9.17) is 73.0 Å². The number of carbonyl (C=O) groups is 3. The first kappa shape index (κ1) is 114. The number of carbonyl (C=O) groups excluding carboxylic acids is 2. The second-order valence-corrected chi connectivity index (χ2v) is 81.5. The molecule has 1 aromatic carbocycles. The van der Waals surface area contributed by atoms with Crippen LogP contribution in [0.25, 0.3) is 0 Å². The molecule has 0 aromatic heterocycles. The van der Waals surface area contributed by atoms with Gasteiger partial charge in [-0.1, -0.05) is 250 Å². The highest BCUT2D eigenvalue weighted by Crippen LogP contribution is 2.77. The van der Waals surface area contributed by atoms with E-state index in [-0.39, 0.29) is 48.4 Å². The molecule has 24 atom stereocenters. The number of benzene rings is 1. The summed E-state index contributed by atoms with van der Waals surface area (Å²) in [6, 6.07) is 30.4. The van der Waals surface area contributed by atoms with Crippen LogP contribution in [0.2, 0.25) is 145 Å². The molecule has 0 bridgehead atoms. The van der Waals surface area contributed by atoms with Crippen molar-refractivity contribution in [2.24, 2.45) is 50.2 Å². The fraction of sp³-hybridized carbons (Fsp3) is 0.892. The molecule has 0 amide bonds. The minimum atomic E-state index is -2.96. The van der Waals surface area contributed by atoms with Crippen LogP contribution in [0.4, 0.5) is 0 Å². The molecule has 1 N–H and O–H groups in total. The molecule has 3 unspecified atom stereocenters. The van der Waals surface area contributed by atoms with E-state index in [2.05, 4.69) is 224 Å². The molecule has 3 saturated heterocycles. The smallest absolute Gasteiger partial charge is 0.338 e. The lowest BCUT2D eigenvalue weighted by molar-refractivity contribution is -0.387. The summed E-state index contributed by atoms with van der Waals surface area (Å²) in [5.74, 6) is -1.69. The number of esters is 1. The number of rotatable bonds is 53. The van der Waals surface area contributed by atoms with Gasteiger partial charge in [-0.3, -0.25) is 4.79 Å². The highest BCUT2D eigenvalue weighted by Gasteiger charge is 2.74. The molecule has 3 heterocycles. The molecular formula is C102H189O20Si9. The van der Waals surface area contributed by atoms with E-state index in [0.717, 1.165) is 158 Å². The predicted molar refractivity (Wildman–Crippen MR) is 549 cm³/mol. The molecule has 0 spiro atoms. The van der Waals surface area contributed by atoms with Gasteiger partial charge in [0, 0.05) is 0 Å². The molecule has 4 saturated carbocycles. The van der Waals surface area contributed by atoms with Gasteiger partial charge in [0.15, 0.2) is 91.5 Å². The van der Waals surface area contributed by atoms with Crippen molar-refractivity contribution in [3.63, 3.8) is 0 Å². The van der Waals surface area contributed by atoms with Crippen molar-refractivity contribution in [2.75, 3.05) is 13.2 Å². The fourth-order valence-electron chi connectivity index (χ4n) is 26.9. The van der Waals surface area contributed by atoms with E-state index >= 15 is 9.59 Å². The van der Waals surface area contributed by atoms with E-state index in [9.17, 15) is 9.90 Å². The first-order valence-electron chi connectivity index (χ1n) is 53.5. The van der Waals surface area contributed by atoms with E-state index in [1.165, 1.54) is 11.9 Å². The summed E-state index contributed by atoms with van der Waals surface area (Å²) in [6.07, 6.45) is -6.05. The molecule has 1 aromatic rings. The highest BCUT2D eigenvalue weighted by atomic mass is 28.4. The van der Waals surface area contributed by atoms with Gasteiger partial charge in [0.2, 0.25) is 10.5 Å². The molecule has 20 nitrogen and oxygen atoms in total. The average molecular weight is 1990 g/mol. The average Bonchev–Trinajstić information content (AvgIpc) is 0.667. The lowest BCUT2D eigenvalue weighted by Gasteiger charge is -2.72. The fourth-order valence-corrected chi connectivity index (χ4v) is 49.7. The standard InChI is InChI=1S/C102H189O20Si9/c1-31-124(32-2,33-3)109-72-77-83(118-127(40-10,41-11)42-12)86(120-129(46-16,47-17)48-18)91(122-131(52-22,53-23)54-24)95(110-77)114-89-85(112-93-90(115-123)84(119-128(43-13,44-14)45-15)78(71-108-93)116-125(34-4,35-5)36-6)87(121-130(49-19,50-20)51-21)88(92(104)107-70-74-58-56-55-57-59-74)113-94(89)111-81-63-64-98(27)79(99(81,28)73-103)62-65-100(29)80(98)61-60-75-76-68-97(25,26)66-67-102(76,96(105)106)82(69-101(75,100)30)117-126(37-7,38-8)39-9/h55-60,73,76-91,93-95H,31-54,61-72H2,1-30H3,(H,105,106)/t76?,77-,78-,79?,80?,81+,82-,83+,84+,85+,86+,87+,88+,89-,90-,91-,93+,94-,95-,98+,99+,100-,101-,102-/m1/s1. The van der Waals surface area contributed by atoms with Crippen molar-refractivity contribution >= 4 is 95.2 Å². The number of ether oxygens (including phenoxy) is 7. The summed E-state index contributed by atoms with van der Waals surface area (Å²) in [6.45, 7) is 69.0. The van der Waals surface area contributed by atoms with Crippen molar-refractivity contribution < 1.29 is 92.5 Å². The van der Waals surface area contributed by atoms with E-state index < -0.39 is 198 Å². The number of hydrogen-bond donors (Lipinski definition) is 1. The van der Waals surface area contributed by atoms with Crippen molar-refractivity contribution in [2.45, 2.75) is 515 Å². The lowest BCUT2D eigenvalue weighted by Crippen LogP contribution is -2.72. The maximum atomic E-state index is 16.6. The number of allylic oxidation sites excluding steroid dienone is 2. The van der Waals surface area contributed by atoms with Crippen LogP contribution in [-0.2, 0) is 94.0 Å². The Labute approximate surface area is 808 Å². The zero-order valence-corrected chi connectivity index (χ0v) is 97.2. The van der Waals surface area contributed by atoms with Crippen LogP contribution in [0.15, 0.2) is 42.0 Å². The van der Waals surface area contributed by atoms with E-state index in [0.29, 0.717) is 50.2 Å². The van der Waals surface area contributed by atoms with Gasteiger partial charge in [-0.2, -0.15) is 0 Å². The summed E-state index contributed by atoms with van der Waals surface area (Å²) >= 11 is 0. The minimum Gasteiger partial charge on any atom is -0.481 e. The second-order valence-electron chi connectivity index (χ2n) is 43.4. The van der Waals surface area contributed by atoms with Crippen molar-refractivity contribution in [3.8, 4) is 0 Å². The molecule has 29 heteroatoms. The Morgan fingerprint density at radius 1 is 0.450 bits per heavy atom. The maximum absolute atomic E-state index is 16.6. The van der Waals surface area contributed by atoms with Crippen LogP contribution in [0.5, 0.6) is 0 Å². The Hall–Kier alpha value is -1.08. The first-order valence-corrected chi connectivity index (χ1v) is 74.1. The Bertz CT molecular complexity index is 3660. The molecule has 7 fully saturated rings. The number of aliphatic carboxylic acids is 1. The predicted octanol–water partition coefficient (Wildman–Crippen LogP) is 25.6. The number of carboxylic acids is 1. The SMILES string of the molecule is CC[Si](CC)(CC)OC[C@H]1O[C@H](O[C@H]2[C@H](O[C@H]3CC[C@@]4(C)C(CC[C@]5(C)C4CC=C4C6CC(C)(C)CC[C@]6(C(=O)O)[C@H](O[Si](CC)(CC)CC)C[C@]45C)[C@]3(C)C=O)O[C@H](C(=O)OCc3ccccc3)[C@@H](O[Si](CC)(CC)CC)[C@@H]2O[C@@H]2OC[C@@H](O[Si](CC)(CC)CC)[C@H](O[Si](CC)(CC)CC)[C@H]2O[Si])[C@H](O[Si](CC)(CC)CC)[C@@H](O[Si](CC)(CC)CC)[C@H]1O[Si](CC)(CC)CC. The van der Waals surface area contributed by atoms with E-state index in [1.54, 1.807) is 0 Å².